The maximum atomic E-state index is 14.1. The van der Waals surface area contributed by atoms with Gasteiger partial charge in [-0.15, -0.1) is 6.58 Å². The molecule has 2 aromatic rings. The molecule has 0 aromatic heterocycles. The minimum atomic E-state index is -0.472. The van der Waals surface area contributed by atoms with Crippen molar-refractivity contribution in [1.82, 2.24) is 4.90 Å². The fourth-order valence-electron chi connectivity index (χ4n) is 7.13. The van der Waals surface area contributed by atoms with E-state index in [1.165, 1.54) is 12.1 Å². The minimum Gasteiger partial charge on any atom is -0.490 e. The monoisotopic (exact) mass is 585 g/mol. The Morgan fingerprint density at radius 3 is 2.09 bits per heavy atom. The first-order chi connectivity index (χ1) is 20.4. The summed E-state index contributed by atoms with van der Waals surface area (Å²) < 4.78 is 26.3. The molecule has 0 bridgehead atoms. The van der Waals surface area contributed by atoms with Gasteiger partial charge >= 0.3 is 0 Å². The van der Waals surface area contributed by atoms with Crippen LogP contribution in [0.15, 0.2) is 71.6 Å². The summed E-state index contributed by atoms with van der Waals surface area (Å²) in [6.07, 6.45) is 4.73. The van der Waals surface area contributed by atoms with Gasteiger partial charge in [0.2, 0.25) is 0 Å². The molecule has 1 aliphatic heterocycles. The number of benzene rings is 2. The number of carbonyl (C=O) groups is 2. The van der Waals surface area contributed by atoms with Gasteiger partial charge in [0.15, 0.2) is 23.1 Å². The number of hydrogen-bond donors (Lipinski definition) is 0. The van der Waals surface area contributed by atoms with E-state index in [0.29, 0.717) is 49.5 Å². The molecule has 228 valence electrons. The third-order valence-corrected chi connectivity index (χ3v) is 8.76. The molecule has 2 aromatic carbocycles. The van der Waals surface area contributed by atoms with Crippen LogP contribution in [0.1, 0.15) is 89.8 Å². The molecular formula is C37H44FNO4. The van der Waals surface area contributed by atoms with Crippen LogP contribution in [-0.4, -0.2) is 29.6 Å². The van der Waals surface area contributed by atoms with Crippen LogP contribution in [0.3, 0.4) is 0 Å². The highest BCUT2D eigenvalue weighted by Gasteiger charge is 2.48. The Bertz CT molecular complexity index is 1480. The van der Waals surface area contributed by atoms with Crippen molar-refractivity contribution in [3.05, 3.63) is 94.1 Å². The van der Waals surface area contributed by atoms with E-state index in [-0.39, 0.29) is 34.8 Å². The summed E-state index contributed by atoms with van der Waals surface area (Å²) in [6, 6.07) is 10.3. The Hall–Kier alpha value is -3.67. The highest BCUT2D eigenvalue weighted by Crippen LogP contribution is 2.55. The lowest BCUT2D eigenvalue weighted by Gasteiger charge is -2.49. The number of Topliss-reactive ketones (excluding diaryl/α,β-unsaturated/α-hetero) is 2. The van der Waals surface area contributed by atoms with Gasteiger partial charge in [-0.05, 0) is 73.3 Å². The van der Waals surface area contributed by atoms with Crippen molar-refractivity contribution in [2.24, 2.45) is 10.8 Å². The SMILES string of the molecule is C=CCc1cc(C2C3=C(CC(C)(C)CC3=O)N(CC)C3=C2C(=O)CC(C)(C)C3)cc(OCC)c1OCc1cccc(F)c1. The van der Waals surface area contributed by atoms with E-state index in [0.717, 1.165) is 46.5 Å². The van der Waals surface area contributed by atoms with Gasteiger partial charge in [-0.25, -0.2) is 4.39 Å². The Kier molecular flexibility index (Phi) is 8.43. The maximum Gasteiger partial charge on any atom is 0.165 e. The van der Waals surface area contributed by atoms with Gasteiger partial charge < -0.3 is 14.4 Å². The molecule has 6 heteroatoms. The molecular weight excluding hydrogens is 541 g/mol. The second kappa shape index (κ2) is 11.8. The number of carbonyl (C=O) groups excluding carboxylic acids is 2. The largest absolute Gasteiger partial charge is 0.490 e. The number of rotatable bonds is 9. The summed E-state index contributed by atoms with van der Waals surface area (Å²) >= 11 is 0. The fraction of sp³-hybridized carbons (Fsp3) is 0.459. The third kappa shape index (κ3) is 6.07. The van der Waals surface area contributed by atoms with E-state index in [1.807, 2.05) is 31.2 Å². The van der Waals surface area contributed by atoms with Gasteiger partial charge in [0.25, 0.3) is 0 Å². The molecule has 0 amide bonds. The molecule has 0 saturated heterocycles. The molecule has 2 aliphatic carbocycles. The lowest BCUT2D eigenvalue weighted by molar-refractivity contribution is -0.119. The first-order valence-corrected chi connectivity index (χ1v) is 15.5. The van der Waals surface area contributed by atoms with Crippen LogP contribution < -0.4 is 9.47 Å². The summed E-state index contributed by atoms with van der Waals surface area (Å²) in [7, 11) is 0. The van der Waals surface area contributed by atoms with E-state index >= 15 is 0 Å². The molecule has 0 saturated carbocycles. The van der Waals surface area contributed by atoms with E-state index in [4.69, 9.17) is 9.47 Å². The molecule has 0 unspecified atom stereocenters. The quantitative estimate of drug-likeness (QED) is 0.278. The van der Waals surface area contributed by atoms with Gasteiger partial charge in [0.05, 0.1) is 6.61 Å². The zero-order valence-corrected chi connectivity index (χ0v) is 26.4. The van der Waals surface area contributed by atoms with E-state index in [2.05, 4.69) is 46.1 Å². The van der Waals surface area contributed by atoms with Crippen LogP contribution >= 0.6 is 0 Å². The summed E-state index contributed by atoms with van der Waals surface area (Å²) in [5.74, 6) is 0.529. The smallest absolute Gasteiger partial charge is 0.165 e. The van der Waals surface area contributed by atoms with Crippen LogP contribution in [-0.2, 0) is 22.6 Å². The minimum absolute atomic E-state index is 0.105. The first-order valence-electron chi connectivity index (χ1n) is 15.5. The highest BCUT2D eigenvalue weighted by atomic mass is 19.1. The first kappa shape index (κ1) is 30.8. The lowest BCUT2D eigenvalue weighted by Crippen LogP contribution is -2.44. The number of nitrogens with zero attached hydrogens (tertiary/aromatic N) is 1. The van der Waals surface area contributed by atoms with Crippen LogP contribution in [0.2, 0.25) is 0 Å². The predicted octanol–water partition coefficient (Wildman–Crippen LogP) is 8.24. The average molecular weight is 586 g/mol. The van der Waals surface area contributed by atoms with Gasteiger partial charge in [-0.1, -0.05) is 52.0 Å². The van der Waals surface area contributed by atoms with Gasteiger partial charge in [0.1, 0.15) is 12.4 Å². The Morgan fingerprint density at radius 1 is 0.930 bits per heavy atom. The number of ether oxygens (including phenoxy) is 2. The number of ketones is 2. The predicted molar refractivity (Wildman–Crippen MR) is 167 cm³/mol. The molecule has 0 fully saturated rings. The third-order valence-electron chi connectivity index (χ3n) is 8.76. The second-order valence-corrected chi connectivity index (χ2v) is 13.6. The molecule has 5 nitrogen and oxygen atoms in total. The maximum absolute atomic E-state index is 14.1. The average Bonchev–Trinajstić information content (AvgIpc) is 2.90. The Labute approximate surface area is 255 Å². The van der Waals surface area contributed by atoms with Crippen molar-refractivity contribution in [1.29, 1.82) is 0 Å². The number of halogens is 1. The molecule has 1 heterocycles. The zero-order chi connectivity index (χ0) is 31.1. The lowest BCUT2D eigenvalue weighted by atomic mass is 9.63. The van der Waals surface area contributed by atoms with Crippen LogP contribution in [0.5, 0.6) is 11.5 Å². The van der Waals surface area contributed by atoms with Crippen molar-refractivity contribution in [3.8, 4) is 11.5 Å². The topological polar surface area (TPSA) is 55.8 Å². The van der Waals surface area contributed by atoms with Crippen molar-refractivity contribution < 1.29 is 23.5 Å². The van der Waals surface area contributed by atoms with Crippen molar-refractivity contribution >= 4 is 11.6 Å². The second-order valence-electron chi connectivity index (χ2n) is 13.6. The van der Waals surface area contributed by atoms with Crippen LogP contribution in [0.4, 0.5) is 4.39 Å². The molecule has 0 radical (unpaired) electrons. The van der Waals surface area contributed by atoms with Crippen LogP contribution in [0.25, 0.3) is 0 Å². The summed E-state index contributed by atoms with van der Waals surface area (Å²) in [5, 5.41) is 0. The normalized spacial score (nSPS) is 19.7. The summed E-state index contributed by atoms with van der Waals surface area (Å²) in [6.45, 7) is 17.9. The number of hydrogen-bond acceptors (Lipinski definition) is 5. The molecule has 3 aliphatic rings. The van der Waals surface area contributed by atoms with Gasteiger partial charge in [-0.3, -0.25) is 9.59 Å². The number of allylic oxidation sites excluding steroid dienone is 5. The highest BCUT2D eigenvalue weighted by molar-refractivity contribution is 6.06. The van der Waals surface area contributed by atoms with Crippen molar-refractivity contribution in [2.75, 3.05) is 13.2 Å². The van der Waals surface area contributed by atoms with E-state index in [9.17, 15) is 14.0 Å². The Morgan fingerprint density at radius 2 is 1.56 bits per heavy atom. The fourth-order valence-corrected chi connectivity index (χ4v) is 7.13. The zero-order valence-electron chi connectivity index (χ0n) is 26.4. The van der Waals surface area contributed by atoms with Crippen molar-refractivity contribution in [3.63, 3.8) is 0 Å². The van der Waals surface area contributed by atoms with Gasteiger partial charge in [-0.2, -0.15) is 0 Å². The summed E-state index contributed by atoms with van der Waals surface area (Å²) in [5.41, 5.74) is 5.66. The molecule has 5 rings (SSSR count). The van der Waals surface area contributed by atoms with Crippen LogP contribution in [0, 0.1) is 16.6 Å². The molecule has 43 heavy (non-hydrogen) atoms. The molecule has 0 N–H and O–H groups in total. The molecule has 0 spiro atoms. The molecule has 0 atom stereocenters. The standard InChI is InChI=1S/C37H44FNO4/c1-8-12-24-16-25(17-31(42-10-3)35(24)43-22-23-13-11-14-26(38)15-23)32-33-27(18-36(4,5)20-29(33)40)39(9-2)28-19-37(6,7)21-30(41)34(28)32/h8,11,13-17,32H,1,9-10,12,18-22H2,2-7H3. The Balaban J connectivity index is 1.70. The van der Waals surface area contributed by atoms with Gasteiger partial charge in [0, 0.05) is 53.4 Å². The summed E-state index contributed by atoms with van der Waals surface area (Å²) in [4.78, 5) is 30.4. The van der Waals surface area contributed by atoms with E-state index in [1.54, 1.807) is 6.07 Å². The van der Waals surface area contributed by atoms with E-state index < -0.39 is 5.92 Å². The van der Waals surface area contributed by atoms with Crippen molar-refractivity contribution in [2.45, 2.75) is 86.2 Å².